The van der Waals surface area contributed by atoms with Crippen LogP contribution in [-0.2, 0) is 15.0 Å². The zero-order valence-corrected chi connectivity index (χ0v) is 21.4. The molecule has 0 bridgehead atoms. The van der Waals surface area contributed by atoms with Crippen LogP contribution in [0.15, 0.2) is 66.2 Å². The number of rotatable bonds is 3. The number of Topliss-reactive ketones (excluding diaryl/α,β-unsaturated/α-hetero) is 1. The van der Waals surface area contributed by atoms with Gasteiger partial charge in [0.05, 0.1) is 22.6 Å². The van der Waals surface area contributed by atoms with E-state index in [4.69, 9.17) is 0 Å². The van der Waals surface area contributed by atoms with Crippen molar-refractivity contribution in [2.24, 2.45) is 0 Å². The zero-order chi connectivity index (χ0) is 26.6. The molecule has 1 saturated heterocycles. The molecule has 7 heteroatoms. The lowest BCUT2D eigenvalue weighted by Gasteiger charge is -2.25. The number of aliphatic hydroxyl groups excluding tert-OH is 1. The second-order valence-electron chi connectivity index (χ2n) is 10.6. The van der Waals surface area contributed by atoms with Crippen LogP contribution < -0.4 is 4.90 Å². The van der Waals surface area contributed by atoms with Crippen LogP contribution in [0.2, 0.25) is 0 Å². The molecule has 188 valence electrons. The SMILES string of the molecule is Cc1ccc(/C(O)=C2\C(=O)C(=O)N(c3nc4ccc(F)cc4[nH]3)C2c2ccc(C(C)(C)C)cc2)cc1C. The molecule has 5 rings (SSSR count). The average Bonchev–Trinajstić information content (AvgIpc) is 3.37. The van der Waals surface area contributed by atoms with Gasteiger partial charge in [-0.05, 0) is 65.8 Å². The average molecular weight is 498 g/mol. The summed E-state index contributed by atoms with van der Waals surface area (Å²) < 4.78 is 13.8. The van der Waals surface area contributed by atoms with Crippen molar-refractivity contribution >= 4 is 34.4 Å². The number of benzene rings is 3. The quantitative estimate of drug-likeness (QED) is 0.199. The largest absolute Gasteiger partial charge is 0.507 e. The Labute approximate surface area is 214 Å². The summed E-state index contributed by atoms with van der Waals surface area (Å²) in [5.74, 6) is -2.24. The number of aliphatic hydroxyl groups is 1. The van der Waals surface area contributed by atoms with E-state index in [0.29, 0.717) is 22.2 Å². The molecule has 1 amide bonds. The lowest BCUT2D eigenvalue weighted by atomic mass is 9.85. The van der Waals surface area contributed by atoms with Crippen molar-refractivity contribution < 1.29 is 19.1 Å². The first-order chi connectivity index (χ1) is 17.5. The first kappa shape index (κ1) is 24.4. The number of carbonyl (C=O) groups excluding carboxylic acids is 2. The number of hydrogen-bond acceptors (Lipinski definition) is 4. The second-order valence-corrected chi connectivity index (χ2v) is 10.6. The molecule has 2 heterocycles. The number of carbonyl (C=O) groups is 2. The van der Waals surface area contributed by atoms with Crippen LogP contribution in [-0.4, -0.2) is 26.8 Å². The van der Waals surface area contributed by atoms with Gasteiger partial charge in [0.15, 0.2) is 0 Å². The minimum atomic E-state index is -0.930. The van der Waals surface area contributed by atoms with Gasteiger partial charge in [-0.2, -0.15) is 0 Å². The van der Waals surface area contributed by atoms with E-state index in [9.17, 15) is 19.1 Å². The molecule has 0 spiro atoms. The van der Waals surface area contributed by atoms with E-state index < -0.39 is 23.5 Å². The van der Waals surface area contributed by atoms with E-state index in [-0.39, 0.29) is 22.7 Å². The van der Waals surface area contributed by atoms with Crippen molar-refractivity contribution in [3.63, 3.8) is 0 Å². The number of ketones is 1. The van der Waals surface area contributed by atoms with Crippen molar-refractivity contribution in [3.8, 4) is 0 Å². The van der Waals surface area contributed by atoms with Crippen LogP contribution in [0.5, 0.6) is 0 Å². The van der Waals surface area contributed by atoms with E-state index in [0.717, 1.165) is 16.7 Å². The van der Waals surface area contributed by atoms with Gasteiger partial charge in [0.25, 0.3) is 5.78 Å². The monoisotopic (exact) mass is 497 g/mol. The smallest absolute Gasteiger partial charge is 0.302 e. The van der Waals surface area contributed by atoms with Crippen LogP contribution in [0.4, 0.5) is 10.3 Å². The standard InChI is InChI=1S/C30H28FN3O3/c1-16-6-7-19(14-17(16)2)26(35)24-25(18-8-10-20(11-9-18)30(3,4)5)34(28(37)27(24)36)29-32-22-13-12-21(31)15-23(22)33-29/h6-15,25,35H,1-5H3,(H,32,33)/b26-24+. The Balaban J connectivity index is 1.72. The molecular weight excluding hydrogens is 469 g/mol. The number of imidazole rings is 1. The summed E-state index contributed by atoms with van der Waals surface area (Å²) in [5, 5.41) is 11.4. The molecule has 1 aliphatic rings. The van der Waals surface area contributed by atoms with Crippen LogP contribution in [0.1, 0.15) is 54.6 Å². The van der Waals surface area contributed by atoms with E-state index in [1.54, 1.807) is 12.1 Å². The lowest BCUT2D eigenvalue weighted by Crippen LogP contribution is -2.30. The highest BCUT2D eigenvalue weighted by molar-refractivity contribution is 6.51. The molecule has 1 aliphatic heterocycles. The number of hydrogen-bond donors (Lipinski definition) is 2. The molecule has 4 aromatic rings. The maximum Gasteiger partial charge on any atom is 0.302 e. The fraction of sp³-hybridized carbons (Fsp3) is 0.233. The molecule has 1 fully saturated rings. The molecule has 2 N–H and O–H groups in total. The number of halogens is 1. The third kappa shape index (κ3) is 4.20. The predicted molar refractivity (Wildman–Crippen MR) is 142 cm³/mol. The topological polar surface area (TPSA) is 86.3 Å². The number of nitrogens with zero attached hydrogens (tertiary/aromatic N) is 2. The Morgan fingerprint density at radius 2 is 1.68 bits per heavy atom. The summed E-state index contributed by atoms with van der Waals surface area (Å²) >= 11 is 0. The van der Waals surface area contributed by atoms with Crippen molar-refractivity contribution in [1.29, 1.82) is 0 Å². The van der Waals surface area contributed by atoms with Gasteiger partial charge < -0.3 is 10.1 Å². The third-order valence-corrected chi connectivity index (χ3v) is 6.98. The number of amides is 1. The van der Waals surface area contributed by atoms with Crippen molar-refractivity contribution in [2.45, 2.75) is 46.1 Å². The van der Waals surface area contributed by atoms with Crippen LogP contribution in [0.3, 0.4) is 0 Å². The summed E-state index contributed by atoms with van der Waals surface area (Å²) in [7, 11) is 0. The Hall–Kier alpha value is -4.26. The number of anilines is 1. The molecule has 0 aliphatic carbocycles. The second kappa shape index (κ2) is 8.69. The molecular formula is C30H28FN3O3. The molecule has 37 heavy (non-hydrogen) atoms. The summed E-state index contributed by atoms with van der Waals surface area (Å²) in [6.07, 6.45) is 0. The van der Waals surface area contributed by atoms with Gasteiger partial charge in [-0.15, -0.1) is 0 Å². The number of fused-ring (bicyclic) bond motifs is 1. The normalized spacial score (nSPS) is 17.7. The fourth-order valence-corrected chi connectivity index (χ4v) is 4.66. The molecule has 0 radical (unpaired) electrons. The highest BCUT2D eigenvalue weighted by Gasteiger charge is 2.48. The lowest BCUT2D eigenvalue weighted by molar-refractivity contribution is -0.132. The van der Waals surface area contributed by atoms with E-state index >= 15 is 0 Å². The van der Waals surface area contributed by atoms with Gasteiger partial charge in [0.2, 0.25) is 5.95 Å². The minimum absolute atomic E-state index is 0.0246. The Morgan fingerprint density at radius 1 is 0.973 bits per heavy atom. The van der Waals surface area contributed by atoms with Gasteiger partial charge in [0, 0.05) is 5.56 Å². The molecule has 6 nitrogen and oxygen atoms in total. The summed E-state index contributed by atoms with van der Waals surface area (Å²) in [4.78, 5) is 35.5. The number of aromatic amines is 1. The first-order valence-corrected chi connectivity index (χ1v) is 12.1. The highest BCUT2D eigenvalue weighted by atomic mass is 19.1. The zero-order valence-electron chi connectivity index (χ0n) is 21.4. The van der Waals surface area contributed by atoms with Gasteiger partial charge in [-0.1, -0.05) is 57.2 Å². The Bertz CT molecular complexity index is 1590. The summed E-state index contributed by atoms with van der Waals surface area (Å²) in [5.41, 5.74) is 4.90. The van der Waals surface area contributed by atoms with Gasteiger partial charge in [0.1, 0.15) is 11.6 Å². The highest BCUT2D eigenvalue weighted by Crippen LogP contribution is 2.42. The summed E-state index contributed by atoms with van der Waals surface area (Å²) in [6.45, 7) is 10.2. The minimum Gasteiger partial charge on any atom is -0.507 e. The van der Waals surface area contributed by atoms with E-state index in [1.165, 1.54) is 23.1 Å². The molecule has 3 aromatic carbocycles. The van der Waals surface area contributed by atoms with Gasteiger partial charge in [-0.3, -0.25) is 14.5 Å². The maximum atomic E-state index is 13.8. The Kier molecular flexibility index (Phi) is 5.74. The number of H-pyrrole nitrogens is 1. The maximum absolute atomic E-state index is 13.8. The van der Waals surface area contributed by atoms with Crippen molar-refractivity contribution in [3.05, 3.63) is 99.9 Å². The van der Waals surface area contributed by atoms with Crippen LogP contribution >= 0.6 is 0 Å². The van der Waals surface area contributed by atoms with E-state index in [1.807, 2.05) is 44.2 Å². The molecule has 1 aromatic heterocycles. The third-order valence-electron chi connectivity index (χ3n) is 6.98. The van der Waals surface area contributed by atoms with Crippen LogP contribution in [0, 0.1) is 19.7 Å². The number of nitrogens with one attached hydrogen (secondary N) is 1. The first-order valence-electron chi connectivity index (χ1n) is 12.1. The van der Waals surface area contributed by atoms with Crippen LogP contribution in [0.25, 0.3) is 16.8 Å². The predicted octanol–water partition coefficient (Wildman–Crippen LogP) is 6.24. The molecule has 1 unspecified atom stereocenters. The Morgan fingerprint density at radius 3 is 2.32 bits per heavy atom. The van der Waals surface area contributed by atoms with Gasteiger partial charge >= 0.3 is 5.91 Å². The number of aryl methyl sites for hydroxylation is 2. The van der Waals surface area contributed by atoms with Crippen molar-refractivity contribution in [2.75, 3.05) is 4.90 Å². The molecule has 0 saturated carbocycles. The number of aromatic nitrogens is 2. The van der Waals surface area contributed by atoms with Crippen molar-refractivity contribution in [1.82, 2.24) is 9.97 Å². The molecule has 1 atom stereocenters. The van der Waals surface area contributed by atoms with Gasteiger partial charge in [-0.25, -0.2) is 9.37 Å². The fourth-order valence-electron chi connectivity index (χ4n) is 4.66. The van der Waals surface area contributed by atoms with E-state index in [2.05, 4.69) is 30.7 Å². The summed E-state index contributed by atoms with van der Waals surface area (Å²) in [6, 6.07) is 16.2.